The third-order valence-corrected chi connectivity index (χ3v) is 4.73. The molecule has 1 aliphatic heterocycles. The summed E-state index contributed by atoms with van der Waals surface area (Å²) in [5, 5.41) is 11.2. The average molecular weight is 383 g/mol. The largest absolute Gasteiger partial charge is 0.465 e. The maximum Gasteiger partial charge on any atom is 0.338 e. The highest BCUT2D eigenvalue weighted by Gasteiger charge is 2.25. The number of non-ortho nitro benzene ring substituents is 1. The lowest BCUT2D eigenvalue weighted by Gasteiger charge is -2.36. The molecule has 8 nitrogen and oxygen atoms in total. The first-order valence-corrected chi connectivity index (χ1v) is 8.87. The molecule has 0 unspecified atom stereocenters. The highest BCUT2D eigenvalue weighted by molar-refractivity contribution is 5.99. The number of nitro benzene ring substituents is 1. The number of anilines is 1. The fraction of sp³-hybridized carbons (Fsp3) is 0.300. The predicted molar refractivity (Wildman–Crippen MR) is 104 cm³/mol. The summed E-state index contributed by atoms with van der Waals surface area (Å²) in [7, 11) is 1.19. The van der Waals surface area contributed by atoms with Gasteiger partial charge in [-0.15, -0.1) is 0 Å². The molecule has 146 valence electrons. The van der Waals surface area contributed by atoms with Crippen LogP contribution >= 0.6 is 0 Å². The summed E-state index contributed by atoms with van der Waals surface area (Å²) in [6.07, 6.45) is 0. The Morgan fingerprint density at radius 2 is 1.71 bits per heavy atom. The summed E-state index contributed by atoms with van der Waals surface area (Å²) in [5.41, 5.74) is 2.06. The van der Waals surface area contributed by atoms with Gasteiger partial charge < -0.3 is 14.5 Å². The second-order valence-electron chi connectivity index (χ2n) is 6.64. The number of rotatable bonds is 4. The number of nitro groups is 1. The van der Waals surface area contributed by atoms with Crippen LogP contribution in [0.3, 0.4) is 0 Å². The Morgan fingerprint density at radius 3 is 2.32 bits per heavy atom. The zero-order chi connectivity index (χ0) is 20.3. The Labute approximate surface area is 162 Å². The number of piperazine rings is 1. The minimum absolute atomic E-state index is 0.0153. The van der Waals surface area contributed by atoms with Gasteiger partial charge in [-0.3, -0.25) is 14.9 Å². The number of esters is 1. The molecular weight excluding hydrogens is 362 g/mol. The number of hydrogen-bond acceptors (Lipinski definition) is 6. The minimum atomic E-state index is -0.720. The zero-order valence-corrected chi connectivity index (χ0v) is 15.8. The first-order valence-electron chi connectivity index (χ1n) is 8.87. The number of ether oxygens (including phenoxy) is 1. The summed E-state index contributed by atoms with van der Waals surface area (Å²) in [6, 6.07) is 11.8. The number of benzene rings is 2. The van der Waals surface area contributed by atoms with Crippen LogP contribution in [0.25, 0.3) is 0 Å². The molecule has 1 heterocycles. The second-order valence-corrected chi connectivity index (χ2v) is 6.64. The van der Waals surface area contributed by atoms with Crippen molar-refractivity contribution in [1.82, 2.24) is 4.90 Å². The van der Waals surface area contributed by atoms with Crippen molar-refractivity contribution in [2.45, 2.75) is 6.92 Å². The van der Waals surface area contributed by atoms with E-state index in [0.717, 1.165) is 11.8 Å². The molecule has 3 rings (SSSR count). The van der Waals surface area contributed by atoms with Crippen molar-refractivity contribution < 1.29 is 19.2 Å². The molecule has 0 radical (unpaired) electrons. The lowest BCUT2D eigenvalue weighted by Crippen LogP contribution is -2.48. The predicted octanol–water partition coefficient (Wildman–Crippen LogP) is 2.65. The third kappa shape index (κ3) is 4.11. The van der Waals surface area contributed by atoms with Gasteiger partial charge in [0.15, 0.2) is 0 Å². The van der Waals surface area contributed by atoms with Gasteiger partial charge >= 0.3 is 5.97 Å². The molecule has 1 fully saturated rings. The fourth-order valence-corrected chi connectivity index (χ4v) is 3.25. The van der Waals surface area contributed by atoms with Gasteiger partial charge in [0.25, 0.3) is 11.6 Å². The van der Waals surface area contributed by atoms with Gasteiger partial charge in [0.05, 0.1) is 17.6 Å². The molecule has 8 heteroatoms. The molecule has 2 aromatic carbocycles. The quantitative estimate of drug-likeness (QED) is 0.458. The van der Waals surface area contributed by atoms with E-state index in [1.54, 1.807) is 4.90 Å². The van der Waals surface area contributed by atoms with E-state index in [-0.39, 0.29) is 22.7 Å². The topological polar surface area (TPSA) is 93.0 Å². The maximum atomic E-state index is 12.9. The van der Waals surface area contributed by atoms with Gasteiger partial charge in [-0.1, -0.05) is 12.1 Å². The van der Waals surface area contributed by atoms with Crippen molar-refractivity contribution in [1.29, 1.82) is 0 Å². The van der Waals surface area contributed by atoms with E-state index in [1.165, 1.54) is 24.8 Å². The van der Waals surface area contributed by atoms with E-state index in [0.29, 0.717) is 26.2 Å². The van der Waals surface area contributed by atoms with Gasteiger partial charge in [0, 0.05) is 49.6 Å². The molecule has 1 amide bonds. The molecule has 28 heavy (non-hydrogen) atoms. The van der Waals surface area contributed by atoms with Crippen LogP contribution in [0.5, 0.6) is 0 Å². The van der Waals surface area contributed by atoms with E-state index >= 15 is 0 Å². The maximum absolute atomic E-state index is 12.9. The molecule has 2 aromatic rings. The van der Waals surface area contributed by atoms with Crippen molar-refractivity contribution in [3.8, 4) is 0 Å². The van der Waals surface area contributed by atoms with Gasteiger partial charge in [-0.2, -0.15) is 0 Å². The summed E-state index contributed by atoms with van der Waals surface area (Å²) < 4.78 is 4.63. The fourth-order valence-electron chi connectivity index (χ4n) is 3.25. The molecule has 0 N–H and O–H groups in total. The van der Waals surface area contributed by atoms with Crippen molar-refractivity contribution in [3.05, 3.63) is 69.3 Å². The first-order chi connectivity index (χ1) is 13.4. The highest BCUT2D eigenvalue weighted by Crippen LogP contribution is 2.22. The van der Waals surface area contributed by atoms with E-state index in [9.17, 15) is 19.7 Å². The Kier molecular flexibility index (Phi) is 5.58. The van der Waals surface area contributed by atoms with Crippen molar-refractivity contribution >= 4 is 23.3 Å². The lowest BCUT2D eigenvalue weighted by atomic mass is 10.1. The van der Waals surface area contributed by atoms with Crippen LogP contribution in [0.1, 0.15) is 26.3 Å². The summed E-state index contributed by atoms with van der Waals surface area (Å²) in [4.78, 5) is 39.0. The normalized spacial score (nSPS) is 13.9. The lowest BCUT2D eigenvalue weighted by molar-refractivity contribution is -0.384. The van der Waals surface area contributed by atoms with E-state index in [1.807, 2.05) is 25.1 Å². The van der Waals surface area contributed by atoms with Crippen molar-refractivity contribution in [3.63, 3.8) is 0 Å². The molecule has 0 atom stereocenters. The number of carbonyl (C=O) groups excluding carboxylic acids is 2. The van der Waals surface area contributed by atoms with Crippen LogP contribution in [0.15, 0.2) is 42.5 Å². The van der Waals surface area contributed by atoms with Crippen LogP contribution in [0, 0.1) is 17.0 Å². The Morgan fingerprint density at radius 1 is 1.04 bits per heavy atom. The SMILES string of the molecule is COC(=O)c1cc(C(=O)N2CCN(c3cccc(C)c3)CC2)cc([N+](=O)[O-])c1. The molecule has 1 saturated heterocycles. The van der Waals surface area contributed by atoms with Crippen LogP contribution in [-0.4, -0.2) is 55.0 Å². The smallest absolute Gasteiger partial charge is 0.338 e. The van der Waals surface area contributed by atoms with Gasteiger partial charge in [0.1, 0.15) is 0 Å². The zero-order valence-electron chi connectivity index (χ0n) is 15.8. The first kappa shape index (κ1) is 19.3. The minimum Gasteiger partial charge on any atom is -0.465 e. The molecule has 0 spiro atoms. The average Bonchev–Trinajstić information content (AvgIpc) is 2.72. The number of amides is 1. The van der Waals surface area contributed by atoms with Crippen molar-refractivity contribution in [2.75, 3.05) is 38.2 Å². The number of aryl methyl sites for hydroxylation is 1. The Hall–Kier alpha value is -3.42. The number of nitrogens with zero attached hydrogens (tertiary/aromatic N) is 3. The number of hydrogen-bond donors (Lipinski definition) is 0. The number of carbonyl (C=O) groups is 2. The molecule has 0 bridgehead atoms. The van der Waals surface area contributed by atoms with E-state index < -0.39 is 10.9 Å². The monoisotopic (exact) mass is 383 g/mol. The summed E-state index contributed by atoms with van der Waals surface area (Å²) in [6.45, 7) is 4.33. The molecule has 0 saturated carbocycles. The van der Waals surface area contributed by atoms with Crippen LogP contribution in [-0.2, 0) is 4.74 Å². The summed E-state index contributed by atoms with van der Waals surface area (Å²) >= 11 is 0. The van der Waals surface area contributed by atoms with Crippen LogP contribution in [0.4, 0.5) is 11.4 Å². The van der Waals surface area contributed by atoms with Crippen LogP contribution in [0.2, 0.25) is 0 Å². The number of methoxy groups -OCH3 is 1. The second kappa shape index (κ2) is 8.08. The summed E-state index contributed by atoms with van der Waals surface area (Å²) in [5.74, 6) is -1.06. The van der Waals surface area contributed by atoms with E-state index in [4.69, 9.17) is 0 Å². The Bertz CT molecular complexity index is 920. The molecular formula is C20H21N3O5. The highest BCUT2D eigenvalue weighted by atomic mass is 16.6. The van der Waals surface area contributed by atoms with Crippen molar-refractivity contribution in [2.24, 2.45) is 0 Å². The Balaban J connectivity index is 1.77. The standard InChI is InChI=1S/C20H21N3O5/c1-14-4-3-5-17(10-14)21-6-8-22(9-7-21)19(24)15-11-16(20(25)28-2)13-18(12-15)23(26)27/h3-5,10-13H,6-9H2,1-2H3. The molecule has 1 aliphatic rings. The van der Waals surface area contributed by atoms with Gasteiger partial charge in [0.2, 0.25) is 0 Å². The van der Waals surface area contributed by atoms with Crippen LogP contribution < -0.4 is 4.90 Å². The third-order valence-electron chi connectivity index (χ3n) is 4.73. The van der Waals surface area contributed by atoms with E-state index in [2.05, 4.69) is 15.7 Å². The van der Waals surface area contributed by atoms with Gasteiger partial charge in [-0.25, -0.2) is 4.79 Å². The van der Waals surface area contributed by atoms with Gasteiger partial charge in [-0.05, 0) is 30.7 Å². The molecule has 0 aromatic heterocycles. The molecule has 0 aliphatic carbocycles.